The molecule has 2 aromatic carbocycles. The summed E-state index contributed by atoms with van der Waals surface area (Å²) < 4.78 is 33.8. The Balaban J connectivity index is 2.20. The van der Waals surface area contributed by atoms with Crippen LogP contribution in [0.15, 0.2) is 36.4 Å². The number of ether oxygens (including phenoxy) is 1. The molecule has 3 rings (SSSR count). The standard InChI is InChI=1S/C16H15F2N3O/c1-22-11-4-2-10(3-5-11)16-20-14-8-12(17)13(18)9-15(14)21(16)7-6-19/h2-5,8-9H,6-7,19H2,1H3. The molecule has 0 unspecified atom stereocenters. The normalized spacial score (nSPS) is 11.1. The predicted octanol–water partition coefficient (Wildman–Crippen LogP) is 2.95. The molecule has 0 aliphatic rings. The lowest BCUT2D eigenvalue weighted by Gasteiger charge is -2.08. The van der Waals surface area contributed by atoms with E-state index in [0.717, 1.165) is 23.4 Å². The number of fused-ring (bicyclic) bond motifs is 1. The molecule has 114 valence electrons. The van der Waals surface area contributed by atoms with Crippen molar-refractivity contribution in [2.45, 2.75) is 6.54 Å². The third-order valence-corrected chi connectivity index (χ3v) is 3.49. The molecule has 0 fully saturated rings. The molecule has 1 heterocycles. The van der Waals surface area contributed by atoms with Gasteiger partial charge in [0.15, 0.2) is 11.6 Å². The molecular formula is C16H15F2N3O. The highest BCUT2D eigenvalue weighted by Gasteiger charge is 2.15. The molecule has 0 saturated carbocycles. The monoisotopic (exact) mass is 303 g/mol. The average molecular weight is 303 g/mol. The van der Waals surface area contributed by atoms with E-state index in [0.29, 0.717) is 29.9 Å². The maximum absolute atomic E-state index is 13.5. The lowest BCUT2D eigenvalue weighted by Crippen LogP contribution is -2.11. The van der Waals surface area contributed by atoms with Gasteiger partial charge in [0.2, 0.25) is 0 Å². The van der Waals surface area contributed by atoms with Gasteiger partial charge in [-0.25, -0.2) is 13.8 Å². The van der Waals surface area contributed by atoms with Gasteiger partial charge < -0.3 is 15.0 Å². The Morgan fingerprint density at radius 2 is 1.82 bits per heavy atom. The molecule has 1 aromatic heterocycles. The number of nitrogens with zero attached hydrogens (tertiary/aromatic N) is 2. The van der Waals surface area contributed by atoms with Gasteiger partial charge in [0.05, 0.1) is 18.1 Å². The molecule has 4 nitrogen and oxygen atoms in total. The Hall–Kier alpha value is -2.47. The van der Waals surface area contributed by atoms with Crippen LogP contribution < -0.4 is 10.5 Å². The van der Waals surface area contributed by atoms with E-state index < -0.39 is 11.6 Å². The highest BCUT2D eigenvalue weighted by Crippen LogP contribution is 2.27. The van der Waals surface area contributed by atoms with Crippen LogP contribution in [-0.2, 0) is 6.54 Å². The fraction of sp³-hybridized carbons (Fsp3) is 0.188. The first-order valence-electron chi connectivity index (χ1n) is 6.84. The Morgan fingerprint density at radius 1 is 1.14 bits per heavy atom. The highest BCUT2D eigenvalue weighted by molar-refractivity contribution is 5.81. The van der Waals surface area contributed by atoms with E-state index in [4.69, 9.17) is 10.5 Å². The van der Waals surface area contributed by atoms with Crippen molar-refractivity contribution in [1.82, 2.24) is 9.55 Å². The van der Waals surface area contributed by atoms with Crippen molar-refractivity contribution >= 4 is 11.0 Å². The molecule has 0 spiro atoms. The van der Waals surface area contributed by atoms with Crippen molar-refractivity contribution in [3.05, 3.63) is 48.0 Å². The number of nitrogens with two attached hydrogens (primary N) is 1. The summed E-state index contributed by atoms with van der Waals surface area (Å²) in [5.74, 6) is -0.464. The van der Waals surface area contributed by atoms with Gasteiger partial charge in [0.1, 0.15) is 11.6 Å². The molecule has 0 bridgehead atoms. The predicted molar refractivity (Wildman–Crippen MR) is 80.7 cm³/mol. The van der Waals surface area contributed by atoms with Crippen LogP contribution in [0.1, 0.15) is 0 Å². The fourth-order valence-electron chi connectivity index (χ4n) is 2.44. The summed E-state index contributed by atoms with van der Waals surface area (Å²) in [5, 5.41) is 0. The number of methoxy groups -OCH3 is 1. The van der Waals surface area contributed by atoms with Crippen molar-refractivity contribution < 1.29 is 13.5 Å². The van der Waals surface area contributed by atoms with Gasteiger partial charge in [0, 0.05) is 30.8 Å². The number of benzene rings is 2. The number of imidazole rings is 1. The largest absolute Gasteiger partial charge is 0.497 e. The topological polar surface area (TPSA) is 53.1 Å². The summed E-state index contributed by atoms with van der Waals surface area (Å²) >= 11 is 0. The Labute approximate surface area is 126 Å². The maximum Gasteiger partial charge on any atom is 0.161 e. The summed E-state index contributed by atoms with van der Waals surface area (Å²) in [5.41, 5.74) is 7.38. The minimum Gasteiger partial charge on any atom is -0.497 e. The van der Waals surface area contributed by atoms with Crippen LogP contribution in [0, 0.1) is 11.6 Å². The highest BCUT2D eigenvalue weighted by atomic mass is 19.2. The van der Waals surface area contributed by atoms with E-state index in [1.807, 2.05) is 24.3 Å². The number of halogens is 2. The Kier molecular flexibility index (Phi) is 3.77. The maximum atomic E-state index is 13.5. The molecule has 22 heavy (non-hydrogen) atoms. The van der Waals surface area contributed by atoms with E-state index in [1.54, 1.807) is 11.7 Å². The fourth-order valence-corrected chi connectivity index (χ4v) is 2.44. The molecule has 0 amide bonds. The van der Waals surface area contributed by atoms with E-state index in [2.05, 4.69) is 4.98 Å². The van der Waals surface area contributed by atoms with Gasteiger partial charge in [-0.05, 0) is 24.3 Å². The lowest BCUT2D eigenvalue weighted by molar-refractivity contribution is 0.415. The second kappa shape index (κ2) is 5.73. The zero-order valence-electron chi connectivity index (χ0n) is 12.0. The molecule has 0 atom stereocenters. The van der Waals surface area contributed by atoms with Crippen LogP contribution in [0.2, 0.25) is 0 Å². The van der Waals surface area contributed by atoms with Crippen LogP contribution >= 0.6 is 0 Å². The Bertz CT molecular complexity index is 812. The zero-order valence-corrected chi connectivity index (χ0v) is 12.0. The van der Waals surface area contributed by atoms with Gasteiger partial charge in [0.25, 0.3) is 0 Å². The van der Waals surface area contributed by atoms with Crippen molar-refractivity contribution in [3.63, 3.8) is 0 Å². The molecule has 6 heteroatoms. The smallest absolute Gasteiger partial charge is 0.161 e. The lowest BCUT2D eigenvalue weighted by atomic mass is 10.2. The SMILES string of the molecule is COc1ccc(-c2nc3cc(F)c(F)cc3n2CCN)cc1. The van der Waals surface area contributed by atoms with Crippen molar-refractivity contribution in [2.75, 3.05) is 13.7 Å². The van der Waals surface area contributed by atoms with E-state index in [-0.39, 0.29) is 0 Å². The van der Waals surface area contributed by atoms with Crippen molar-refractivity contribution in [1.29, 1.82) is 0 Å². The summed E-state index contributed by atoms with van der Waals surface area (Å²) in [6, 6.07) is 9.57. The first-order chi connectivity index (χ1) is 10.6. The van der Waals surface area contributed by atoms with Gasteiger partial charge in [-0.15, -0.1) is 0 Å². The Morgan fingerprint density at radius 3 is 2.45 bits per heavy atom. The van der Waals surface area contributed by atoms with Crippen LogP contribution in [0.3, 0.4) is 0 Å². The van der Waals surface area contributed by atoms with E-state index in [1.165, 1.54) is 0 Å². The average Bonchev–Trinajstić information content (AvgIpc) is 2.86. The molecule has 0 aliphatic heterocycles. The van der Waals surface area contributed by atoms with Gasteiger partial charge in [-0.1, -0.05) is 0 Å². The second-order valence-electron chi connectivity index (χ2n) is 4.86. The van der Waals surface area contributed by atoms with Gasteiger partial charge >= 0.3 is 0 Å². The van der Waals surface area contributed by atoms with Gasteiger partial charge in [-0.3, -0.25) is 0 Å². The third-order valence-electron chi connectivity index (χ3n) is 3.49. The van der Waals surface area contributed by atoms with Crippen LogP contribution in [0.25, 0.3) is 22.4 Å². The summed E-state index contributed by atoms with van der Waals surface area (Å²) in [6.07, 6.45) is 0. The molecule has 3 aromatic rings. The number of hydrogen-bond donors (Lipinski definition) is 1. The number of aromatic nitrogens is 2. The summed E-state index contributed by atoms with van der Waals surface area (Å²) in [4.78, 5) is 4.42. The second-order valence-corrected chi connectivity index (χ2v) is 4.86. The minimum absolute atomic E-state index is 0.369. The van der Waals surface area contributed by atoms with Crippen LogP contribution in [-0.4, -0.2) is 23.2 Å². The zero-order chi connectivity index (χ0) is 15.7. The molecule has 0 saturated heterocycles. The first kappa shape index (κ1) is 14.5. The molecular weight excluding hydrogens is 288 g/mol. The molecule has 2 N–H and O–H groups in total. The minimum atomic E-state index is -0.911. The van der Waals surface area contributed by atoms with E-state index in [9.17, 15) is 8.78 Å². The van der Waals surface area contributed by atoms with Crippen LogP contribution in [0.5, 0.6) is 5.75 Å². The van der Waals surface area contributed by atoms with Crippen molar-refractivity contribution in [2.24, 2.45) is 5.73 Å². The summed E-state index contributed by atoms with van der Waals surface area (Å²) in [7, 11) is 1.59. The third kappa shape index (κ3) is 2.42. The molecule has 0 aliphatic carbocycles. The first-order valence-corrected chi connectivity index (χ1v) is 6.84. The number of rotatable bonds is 4. The van der Waals surface area contributed by atoms with E-state index >= 15 is 0 Å². The summed E-state index contributed by atoms with van der Waals surface area (Å²) in [6.45, 7) is 0.830. The van der Waals surface area contributed by atoms with Crippen molar-refractivity contribution in [3.8, 4) is 17.1 Å². The van der Waals surface area contributed by atoms with Crippen LogP contribution in [0.4, 0.5) is 8.78 Å². The number of hydrogen-bond acceptors (Lipinski definition) is 3. The quantitative estimate of drug-likeness (QED) is 0.806. The van der Waals surface area contributed by atoms with Gasteiger partial charge in [-0.2, -0.15) is 0 Å². The molecule has 0 radical (unpaired) electrons.